The molecule has 4 rings (SSSR count). The predicted octanol–water partition coefficient (Wildman–Crippen LogP) is 5.10. The van der Waals surface area contributed by atoms with Gasteiger partial charge in [0.25, 0.3) is 5.91 Å². The zero-order valence-corrected chi connectivity index (χ0v) is 17.6. The number of para-hydroxylation sites is 2. The normalized spacial score (nSPS) is 10.6. The molecule has 0 aliphatic heterocycles. The van der Waals surface area contributed by atoms with Crippen molar-refractivity contribution in [1.29, 1.82) is 0 Å². The highest BCUT2D eigenvalue weighted by molar-refractivity contribution is 7.18. The average Bonchev–Trinajstić information content (AvgIpc) is 3.22. The Balaban J connectivity index is 1.31. The van der Waals surface area contributed by atoms with E-state index in [1.54, 1.807) is 59.9 Å². The first kappa shape index (κ1) is 20.6. The molecule has 0 aliphatic rings. The van der Waals surface area contributed by atoms with E-state index in [1.807, 2.05) is 24.3 Å². The lowest BCUT2D eigenvalue weighted by atomic mass is 10.2. The van der Waals surface area contributed by atoms with Crippen molar-refractivity contribution in [2.45, 2.75) is 12.8 Å². The zero-order chi connectivity index (χ0) is 21.6. The van der Waals surface area contributed by atoms with Gasteiger partial charge in [-0.2, -0.15) is 0 Å². The Hall–Kier alpha value is -3.71. The molecule has 0 saturated heterocycles. The average molecular weight is 433 g/mol. The first-order chi connectivity index (χ1) is 15.1. The van der Waals surface area contributed by atoms with Gasteiger partial charge in [0.2, 0.25) is 0 Å². The standard InChI is InChI=1S/C24H20N2O4S/c1-29-20-8-4-2-6-18(20)24(28)25-16-10-12-17(13-11-16)30-23(27)15-14-22-26-19-7-3-5-9-21(19)31-22/h2-13H,14-15H2,1H3,(H,25,28). The Kier molecular flexibility index (Phi) is 6.24. The van der Waals surface area contributed by atoms with Crippen LogP contribution in [0, 0.1) is 0 Å². The van der Waals surface area contributed by atoms with Crippen LogP contribution in [0.2, 0.25) is 0 Å². The van der Waals surface area contributed by atoms with Crippen LogP contribution >= 0.6 is 11.3 Å². The first-order valence-electron chi connectivity index (χ1n) is 9.72. The van der Waals surface area contributed by atoms with Gasteiger partial charge in [-0.3, -0.25) is 9.59 Å². The first-order valence-corrected chi connectivity index (χ1v) is 10.5. The molecule has 0 aliphatic carbocycles. The van der Waals surface area contributed by atoms with Gasteiger partial charge in [0.15, 0.2) is 0 Å². The predicted molar refractivity (Wildman–Crippen MR) is 121 cm³/mol. The number of fused-ring (bicyclic) bond motifs is 1. The van der Waals surface area contributed by atoms with Gasteiger partial charge in [-0.25, -0.2) is 4.98 Å². The van der Waals surface area contributed by atoms with E-state index in [1.165, 1.54) is 7.11 Å². The van der Waals surface area contributed by atoms with Crippen LogP contribution in [-0.2, 0) is 11.2 Å². The highest BCUT2D eigenvalue weighted by Crippen LogP contribution is 2.23. The molecule has 6 nitrogen and oxygen atoms in total. The van der Waals surface area contributed by atoms with Crippen molar-refractivity contribution in [2.24, 2.45) is 0 Å². The van der Waals surface area contributed by atoms with Gasteiger partial charge in [-0.05, 0) is 48.5 Å². The van der Waals surface area contributed by atoms with E-state index in [0.717, 1.165) is 15.2 Å². The van der Waals surface area contributed by atoms with Crippen LogP contribution in [0.15, 0.2) is 72.8 Å². The Morgan fingerprint density at radius 2 is 1.71 bits per heavy atom. The number of amides is 1. The van der Waals surface area contributed by atoms with E-state index in [4.69, 9.17) is 9.47 Å². The Bertz CT molecular complexity index is 1180. The molecule has 0 atom stereocenters. The number of nitrogens with one attached hydrogen (secondary N) is 1. The van der Waals surface area contributed by atoms with Gasteiger partial charge >= 0.3 is 5.97 Å². The minimum absolute atomic E-state index is 0.242. The van der Waals surface area contributed by atoms with Crippen molar-refractivity contribution < 1.29 is 19.1 Å². The molecule has 0 bridgehead atoms. The smallest absolute Gasteiger partial charge is 0.311 e. The number of hydrogen-bond acceptors (Lipinski definition) is 6. The number of hydrogen-bond donors (Lipinski definition) is 1. The van der Waals surface area contributed by atoms with Gasteiger partial charge in [0.05, 0.1) is 34.3 Å². The Morgan fingerprint density at radius 3 is 2.48 bits per heavy atom. The number of esters is 1. The van der Waals surface area contributed by atoms with Crippen LogP contribution < -0.4 is 14.8 Å². The second-order valence-electron chi connectivity index (χ2n) is 6.73. The molecule has 1 heterocycles. The molecule has 156 valence electrons. The zero-order valence-electron chi connectivity index (χ0n) is 16.8. The summed E-state index contributed by atoms with van der Waals surface area (Å²) >= 11 is 1.59. The van der Waals surface area contributed by atoms with E-state index in [-0.39, 0.29) is 18.3 Å². The molecular weight excluding hydrogens is 412 g/mol. The van der Waals surface area contributed by atoms with Crippen molar-refractivity contribution in [1.82, 2.24) is 4.98 Å². The molecule has 1 N–H and O–H groups in total. The molecule has 0 fully saturated rings. The summed E-state index contributed by atoms with van der Waals surface area (Å²) in [4.78, 5) is 29.2. The van der Waals surface area contributed by atoms with E-state index in [2.05, 4.69) is 10.3 Å². The summed E-state index contributed by atoms with van der Waals surface area (Å²) in [5.41, 5.74) is 1.97. The second-order valence-corrected chi connectivity index (χ2v) is 7.84. The molecule has 0 radical (unpaired) electrons. The van der Waals surface area contributed by atoms with Gasteiger partial charge in [0.1, 0.15) is 11.5 Å². The SMILES string of the molecule is COc1ccccc1C(=O)Nc1ccc(OC(=O)CCc2nc3ccccc3s2)cc1. The van der Waals surface area contributed by atoms with E-state index >= 15 is 0 Å². The highest BCUT2D eigenvalue weighted by Gasteiger charge is 2.12. The van der Waals surface area contributed by atoms with Crippen LogP contribution in [0.5, 0.6) is 11.5 Å². The van der Waals surface area contributed by atoms with E-state index in [0.29, 0.717) is 29.2 Å². The van der Waals surface area contributed by atoms with Gasteiger partial charge in [-0.15, -0.1) is 11.3 Å². The molecule has 0 spiro atoms. The largest absolute Gasteiger partial charge is 0.496 e. The number of methoxy groups -OCH3 is 1. The van der Waals surface area contributed by atoms with Crippen LogP contribution in [0.1, 0.15) is 21.8 Å². The molecule has 1 aromatic heterocycles. The molecular formula is C24H20N2O4S. The summed E-state index contributed by atoms with van der Waals surface area (Å²) in [6.07, 6.45) is 0.775. The molecule has 3 aromatic carbocycles. The second kappa shape index (κ2) is 9.40. The maximum Gasteiger partial charge on any atom is 0.311 e. The summed E-state index contributed by atoms with van der Waals surface area (Å²) in [5.74, 6) is 0.311. The number of nitrogens with zero attached hydrogens (tertiary/aromatic N) is 1. The Labute approximate surface area is 183 Å². The quantitative estimate of drug-likeness (QED) is 0.325. The van der Waals surface area contributed by atoms with Gasteiger partial charge < -0.3 is 14.8 Å². The molecule has 7 heteroatoms. The van der Waals surface area contributed by atoms with Gasteiger partial charge in [-0.1, -0.05) is 24.3 Å². The molecule has 31 heavy (non-hydrogen) atoms. The van der Waals surface area contributed by atoms with Crippen molar-refractivity contribution in [3.05, 3.63) is 83.4 Å². The maximum atomic E-state index is 12.5. The lowest BCUT2D eigenvalue weighted by molar-refractivity contribution is -0.134. The van der Waals surface area contributed by atoms with Crippen LogP contribution in [0.3, 0.4) is 0 Å². The summed E-state index contributed by atoms with van der Waals surface area (Å²) in [5, 5.41) is 3.72. The lowest BCUT2D eigenvalue weighted by Gasteiger charge is -2.10. The van der Waals surface area contributed by atoms with Crippen LogP contribution in [0.25, 0.3) is 10.2 Å². The third kappa shape index (κ3) is 5.07. The van der Waals surface area contributed by atoms with E-state index < -0.39 is 0 Å². The van der Waals surface area contributed by atoms with Crippen LogP contribution in [0.4, 0.5) is 5.69 Å². The number of ether oxygens (including phenoxy) is 2. The number of thiazole rings is 1. The fourth-order valence-electron chi connectivity index (χ4n) is 3.06. The van der Waals surface area contributed by atoms with E-state index in [9.17, 15) is 9.59 Å². The highest BCUT2D eigenvalue weighted by atomic mass is 32.1. The fourth-order valence-corrected chi connectivity index (χ4v) is 4.02. The monoisotopic (exact) mass is 432 g/mol. The van der Waals surface area contributed by atoms with Crippen LogP contribution in [-0.4, -0.2) is 24.0 Å². The number of carbonyl (C=O) groups excluding carboxylic acids is 2. The lowest BCUT2D eigenvalue weighted by Crippen LogP contribution is -2.13. The topological polar surface area (TPSA) is 77.5 Å². The number of carbonyl (C=O) groups is 2. The number of aryl methyl sites for hydroxylation is 1. The minimum Gasteiger partial charge on any atom is -0.496 e. The Morgan fingerprint density at radius 1 is 0.968 bits per heavy atom. The van der Waals surface area contributed by atoms with Crippen molar-refractivity contribution in [3.63, 3.8) is 0 Å². The number of benzene rings is 3. The fraction of sp³-hybridized carbons (Fsp3) is 0.125. The molecule has 1 amide bonds. The number of anilines is 1. The molecule has 4 aromatic rings. The summed E-state index contributed by atoms with van der Waals surface area (Å²) in [6, 6.07) is 21.5. The van der Waals surface area contributed by atoms with Crippen molar-refractivity contribution in [3.8, 4) is 11.5 Å². The number of rotatable bonds is 7. The summed E-state index contributed by atoms with van der Waals surface area (Å²) in [7, 11) is 1.52. The van der Waals surface area contributed by atoms with Crippen molar-refractivity contribution >= 4 is 39.1 Å². The molecule has 0 unspecified atom stereocenters. The number of aromatic nitrogens is 1. The minimum atomic E-state index is -0.329. The summed E-state index contributed by atoms with van der Waals surface area (Å²) in [6.45, 7) is 0. The third-order valence-electron chi connectivity index (χ3n) is 4.58. The molecule has 0 saturated carbocycles. The van der Waals surface area contributed by atoms with Crippen molar-refractivity contribution in [2.75, 3.05) is 12.4 Å². The third-order valence-corrected chi connectivity index (χ3v) is 5.67. The van der Waals surface area contributed by atoms with Gasteiger partial charge in [0, 0.05) is 12.1 Å². The maximum absolute atomic E-state index is 12.5. The summed E-state index contributed by atoms with van der Waals surface area (Å²) < 4.78 is 11.7.